The number of fused-ring (bicyclic) bond motifs is 1. The highest BCUT2D eigenvalue weighted by molar-refractivity contribution is 6.03. The minimum atomic E-state index is -0.582. The Hall–Kier alpha value is -3.71. The zero-order valence-corrected chi connectivity index (χ0v) is 20.2. The minimum absolute atomic E-state index is 0.0546. The number of piperidine rings is 1. The van der Waals surface area contributed by atoms with Gasteiger partial charge in [-0.05, 0) is 61.3 Å². The molecule has 2 heterocycles. The van der Waals surface area contributed by atoms with E-state index in [1.54, 1.807) is 12.1 Å². The fourth-order valence-corrected chi connectivity index (χ4v) is 4.96. The third-order valence-corrected chi connectivity index (χ3v) is 6.94. The largest absolute Gasteiger partial charge is 0.508 e. The molecule has 36 heavy (non-hydrogen) atoms. The van der Waals surface area contributed by atoms with Crippen LogP contribution in [0.4, 0.5) is 0 Å². The molecular weight excluding hydrogens is 458 g/mol. The number of ketones is 1. The molecule has 3 aromatic rings. The Balaban J connectivity index is 1.32. The summed E-state index contributed by atoms with van der Waals surface area (Å²) in [7, 11) is 0. The van der Waals surface area contributed by atoms with Gasteiger partial charge in [-0.15, -0.1) is 0 Å². The van der Waals surface area contributed by atoms with Crippen LogP contribution in [0, 0.1) is 0 Å². The van der Waals surface area contributed by atoms with Crippen molar-refractivity contribution >= 4 is 5.78 Å². The molecule has 0 aliphatic carbocycles. The van der Waals surface area contributed by atoms with Crippen LogP contribution in [0.1, 0.15) is 58.8 Å². The summed E-state index contributed by atoms with van der Waals surface area (Å²) < 4.78 is 12.1. The number of nitrogens with zero attached hydrogens (tertiary/aromatic N) is 1. The van der Waals surface area contributed by atoms with E-state index in [0.717, 1.165) is 36.5 Å². The molecule has 2 aliphatic rings. The Kier molecular flexibility index (Phi) is 7.00. The average Bonchev–Trinajstić information content (AvgIpc) is 2.88. The Morgan fingerprint density at radius 3 is 2.36 bits per heavy atom. The smallest absolute Gasteiger partial charge is 0.174 e. The van der Waals surface area contributed by atoms with Crippen molar-refractivity contribution < 1.29 is 29.6 Å². The summed E-state index contributed by atoms with van der Waals surface area (Å²) in [5.74, 6) is 0.419. The molecule has 188 valence electrons. The lowest BCUT2D eigenvalue weighted by atomic mass is 9.91. The standard InChI is InChI=1S/C29H31NO6/c31-21-8-6-20(7-9-21)27-18-26(34)28-25(33)17-24(32)23(29(28)36-27)16-19-4-10-22(11-5-19)35-15-14-30-12-2-1-3-13-30/h4-11,17,27,31-33H,1-3,12-16,18H2. The number of rotatable bonds is 7. The van der Waals surface area contributed by atoms with Gasteiger partial charge in [-0.25, -0.2) is 0 Å². The van der Waals surface area contributed by atoms with Gasteiger partial charge in [-0.1, -0.05) is 30.7 Å². The number of hydrogen-bond acceptors (Lipinski definition) is 7. The normalized spacial score (nSPS) is 17.9. The van der Waals surface area contributed by atoms with E-state index in [4.69, 9.17) is 9.47 Å². The van der Waals surface area contributed by atoms with Gasteiger partial charge in [-0.3, -0.25) is 9.69 Å². The first-order valence-corrected chi connectivity index (χ1v) is 12.5. The molecule has 2 aliphatic heterocycles. The van der Waals surface area contributed by atoms with Gasteiger partial charge in [0.05, 0.1) is 6.42 Å². The lowest BCUT2D eigenvalue weighted by Crippen LogP contribution is -2.33. The molecule has 7 heteroatoms. The third-order valence-electron chi connectivity index (χ3n) is 6.94. The maximum atomic E-state index is 12.9. The number of ether oxygens (including phenoxy) is 2. The second-order valence-electron chi connectivity index (χ2n) is 9.49. The highest BCUT2D eigenvalue weighted by atomic mass is 16.5. The van der Waals surface area contributed by atoms with Crippen molar-refractivity contribution in [3.63, 3.8) is 0 Å². The van der Waals surface area contributed by atoms with Gasteiger partial charge in [0.1, 0.15) is 47.0 Å². The van der Waals surface area contributed by atoms with E-state index in [1.807, 2.05) is 24.3 Å². The first kappa shape index (κ1) is 24.0. The first-order chi connectivity index (χ1) is 17.5. The van der Waals surface area contributed by atoms with Crippen LogP contribution < -0.4 is 9.47 Å². The Bertz CT molecular complexity index is 1220. The molecule has 1 fully saturated rings. The fourth-order valence-electron chi connectivity index (χ4n) is 4.96. The van der Waals surface area contributed by atoms with Gasteiger partial charge in [0.15, 0.2) is 5.78 Å². The van der Waals surface area contributed by atoms with Crippen LogP contribution in [0.25, 0.3) is 0 Å². The summed E-state index contributed by atoms with van der Waals surface area (Å²) in [6.07, 6.45) is 3.62. The Labute approximate surface area is 210 Å². The molecular formula is C29H31NO6. The van der Waals surface area contributed by atoms with E-state index in [9.17, 15) is 20.1 Å². The maximum Gasteiger partial charge on any atom is 0.174 e. The first-order valence-electron chi connectivity index (χ1n) is 12.5. The summed E-state index contributed by atoms with van der Waals surface area (Å²) in [4.78, 5) is 15.4. The van der Waals surface area contributed by atoms with Crippen molar-refractivity contribution in [1.29, 1.82) is 0 Å². The number of carbonyl (C=O) groups is 1. The molecule has 0 radical (unpaired) electrons. The lowest BCUT2D eigenvalue weighted by molar-refractivity contribution is 0.0842. The lowest BCUT2D eigenvalue weighted by Gasteiger charge is -2.28. The summed E-state index contributed by atoms with van der Waals surface area (Å²) in [5, 5.41) is 30.6. The van der Waals surface area contributed by atoms with Crippen LogP contribution in [0.3, 0.4) is 0 Å². The van der Waals surface area contributed by atoms with Gasteiger partial charge in [-0.2, -0.15) is 0 Å². The average molecular weight is 490 g/mol. The molecule has 1 saturated heterocycles. The van der Waals surface area contributed by atoms with Gasteiger partial charge >= 0.3 is 0 Å². The van der Waals surface area contributed by atoms with E-state index in [1.165, 1.54) is 37.5 Å². The van der Waals surface area contributed by atoms with E-state index in [2.05, 4.69) is 4.90 Å². The third kappa shape index (κ3) is 5.26. The number of carbonyl (C=O) groups excluding carboxylic acids is 1. The predicted molar refractivity (Wildman–Crippen MR) is 135 cm³/mol. The van der Waals surface area contributed by atoms with Crippen LogP contribution in [0.15, 0.2) is 54.6 Å². The van der Waals surface area contributed by atoms with Crippen molar-refractivity contribution in [2.24, 2.45) is 0 Å². The van der Waals surface area contributed by atoms with Gasteiger partial charge in [0.25, 0.3) is 0 Å². The van der Waals surface area contributed by atoms with Crippen LogP contribution in [0.5, 0.6) is 28.7 Å². The molecule has 0 amide bonds. The zero-order chi connectivity index (χ0) is 25.1. The van der Waals surface area contributed by atoms with E-state index in [-0.39, 0.29) is 40.8 Å². The minimum Gasteiger partial charge on any atom is -0.508 e. The number of phenolic OH excluding ortho intramolecular Hbond substituents is 3. The summed E-state index contributed by atoms with van der Waals surface area (Å²) in [5.41, 5.74) is 2.17. The molecule has 0 aromatic heterocycles. The zero-order valence-electron chi connectivity index (χ0n) is 20.2. The number of Topliss-reactive ketones (excluding diaryl/α,β-unsaturated/α-hetero) is 1. The van der Waals surface area contributed by atoms with E-state index < -0.39 is 6.10 Å². The summed E-state index contributed by atoms with van der Waals surface area (Å²) in [6.45, 7) is 3.84. The van der Waals surface area contributed by atoms with Crippen LogP contribution >= 0.6 is 0 Å². The quantitative estimate of drug-likeness (QED) is 0.431. The van der Waals surface area contributed by atoms with Gasteiger partial charge < -0.3 is 24.8 Å². The second-order valence-corrected chi connectivity index (χ2v) is 9.49. The number of aromatic hydroxyl groups is 3. The van der Waals surface area contributed by atoms with Crippen molar-refractivity contribution in [3.05, 3.63) is 76.9 Å². The Morgan fingerprint density at radius 2 is 1.64 bits per heavy atom. The number of likely N-dealkylation sites (tertiary alicyclic amines) is 1. The predicted octanol–water partition coefficient (Wildman–Crippen LogP) is 4.97. The molecule has 0 saturated carbocycles. The van der Waals surface area contributed by atoms with Crippen LogP contribution in [0.2, 0.25) is 0 Å². The summed E-state index contributed by atoms with van der Waals surface area (Å²) >= 11 is 0. The monoisotopic (exact) mass is 489 g/mol. The van der Waals surface area contributed by atoms with Gasteiger partial charge in [0, 0.05) is 24.6 Å². The molecule has 0 bridgehead atoms. The molecule has 5 rings (SSSR count). The fraction of sp³-hybridized carbons (Fsp3) is 0.345. The SMILES string of the molecule is O=C1CC(c2ccc(O)cc2)Oc2c(Cc3ccc(OCCN4CCCCC4)cc3)c(O)cc(O)c21. The van der Waals surface area contributed by atoms with Crippen molar-refractivity contribution in [2.75, 3.05) is 26.2 Å². The number of hydrogen-bond donors (Lipinski definition) is 3. The van der Waals surface area contributed by atoms with Gasteiger partial charge in [0.2, 0.25) is 0 Å². The maximum absolute atomic E-state index is 12.9. The van der Waals surface area contributed by atoms with Crippen molar-refractivity contribution in [2.45, 2.75) is 38.2 Å². The molecule has 0 spiro atoms. The van der Waals surface area contributed by atoms with Crippen LogP contribution in [-0.2, 0) is 6.42 Å². The number of phenols is 3. The molecule has 3 N–H and O–H groups in total. The summed E-state index contributed by atoms with van der Waals surface area (Å²) in [6, 6.07) is 15.3. The molecule has 1 unspecified atom stereocenters. The topological polar surface area (TPSA) is 99.5 Å². The van der Waals surface area contributed by atoms with E-state index in [0.29, 0.717) is 18.6 Å². The highest BCUT2D eigenvalue weighted by Crippen LogP contribution is 2.46. The molecule has 3 aromatic carbocycles. The van der Waals surface area contributed by atoms with Crippen molar-refractivity contribution in [3.8, 4) is 28.7 Å². The molecule has 1 atom stereocenters. The number of benzene rings is 3. The van der Waals surface area contributed by atoms with Crippen LogP contribution in [-0.4, -0.2) is 52.2 Å². The van der Waals surface area contributed by atoms with Crippen molar-refractivity contribution in [1.82, 2.24) is 4.90 Å². The molecule has 7 nitrogen and oxygen atoms in total. The van der Waals surface area contributed by atoms with E-state index >= 15 is 0 Å². The highest BCUT2D eigenvalue weighted by Gasteiger charge is 2.33. The second kappa shape index (κ2) is 10.5. The Morgan fingerprint density at radius 1 is 0.917 bits per heavy atom.